The van der Waals surface area contributed by atoms with Crippen LogP contribution in [0.4, 0.5) is 0 Å². The summed E-state index contributed by atoms with van der Waals surface area (Å²) in [6.07, 6.45) is 0. The van der Waals surface area contributed by atoms with Gasteiger partial charge in [0.05, 0.1) is 15.1 Å². The van der Waals surface area contributed by atoms with E-state index in [0.717, 1.165) is 4.90 Å². The summed E-state index contributed by atoms with van der Waals surface area (Å²) in [5.41, 5.74) is 0. The predicted octanol–water partition coefficient (Wildman–Crippen LogP) is 4.58. The molecule has 5 heteroatoms. The lowest BCUT2D eigenvalue weighted by molar-refractivity contribution is 1.47. The van der Waals surface area contributed by atoms with Gasteiger partial charge in [-0.05, 0) is 12.1 Å². The molecule has 0 amide bonds. The van der Waals surface area contributed by atoms with Gasteiger partial charge in [0, 0.05) is 4.90 Å². The minimum atomic E-state index is 0.461. The molecule has 0 heterocycles. The first kappa shape index (κ1) is 9.87. The molecule has 0 radical (unpaired) electrons. The summed E-state index contributed by atoms with van der Waals surface area (Å²) < 4.78 is 0. The third kappa shape index (κ3) is 2.36. The summed E-state index contributed by atoms with van der Waals surface area (Å²) in [7, 11) is 1.24. The molecule has 1 aromatic carbocycles. The summed E-state index contributed by atoms with van der Waals surface area (Å²) in [5, 5.41) is 1.52. The molecule has 0 nitrogen and oxygen atoms in total. The molecule has 60 valence electrons. The van der Waals surface area contributed by atoms with Crippen LogP contribution in [0.1, 0.15) is 0 Å². The summed E-state index contributed by atoms with van der Waals surface area (Å²) in [5.74, 6) is 0. The monoisotopic (exact) mass is 244 g/mol. The highest BCUT2D eigenvalue weighted by Crippen LogP contribution is 2.35. The Morgan fingerprint density at radius 2 is 1.55 bits per heavy atom. The van der Waals surface area contributed by atoms with Gasteiger partial charge in [-0.25, -0.2) is 0 Å². The van der Waals surface area contributed by atoms with E-state index in [1.54, 1.807) is 12.1 Å². The number of thiol groups is 1. The maximum absolute atomic E-state index is 5.79. The van der Waals surface area contributed by atoms with Crippen LogP contribution in [0, 0.1) is 0 Å². The summed E-state index contributed by atoms with van der Waals surface area (Å²) in [6, 6.07) is 3.29. The Balaban J connectivity index is 3.21. The fourth-order valence-electron chi connectivity index (χ4n) is 0.574. The van der Waals surface area contributed by atoms with E-state index in [1.807, 2.05) is 0 Å². The highest BCUT2D eigenvalue weighted by molar-refractivity contribution is 8.68. The fourth-order valence-corrected chi connectivity index (χ4v) is 2.23. The predicted molar refractivity (Wildman–Crippen MR) is 56.3 cm³/mol. The van der Waals surface area contributed by atoms with Gasteiger partial charge < -0.3 is 0 Å². The van der Waals surface area contributed by atoms with Crippen molar-refractivity contribution in [3.05, 3.63) is 27.2 Å². The fraction of sp³-hybridized carbons (Fsp3) is 0. The topological polar surface area (TPSA) is 0 Å². The summed E-state index contributed by atoms with van der Waals surface area (Å²) in [4.78, 5) is 0.810. The van der Waals surface area contributed by atoms with Crippen LogP contribution in [-0.4, -0.2) is 0 Å². The minimum absolute atomic E-state index is 0.461. The second-order valence-corrected chi connectivity index (χ2v) is 4.18. The molecular weight excluding hydrogens is 243 g/mol. The van der Waals surface area contributed by atoms with Gasteiger partial charge in [0.2, 0.25) is 0 Å². The van der Waals surface area contributed by atoms with E-state index >= 15 is 0 Å². The zero-order valence-corrected chi connectivity index (χ0v) is 9.12. The Kier molecular flexibility index (Phi) is 3.72. The highest BCUT2D eigenvalue weighted by Gasteiger charge is 2.04. The van der Waals surface area contributed by atoms with E-state index in [1.165, 1.54) is 10.8 Å². The molecule has 1 aromatic rings. The van der Waals surface area contributed by atoms with E-state index in [4.69, 9.17) is 34.8 Å². The number of hydrogen-bond acceptors (Lipinski definition) is 2. The Labute approximate surface area is 89.0 Å². The van der Waals surface area contributed by atoms with Crippen LogP contribution in [0.3, 0.4) is 0 Å². The molecular formula is C6H3Cl3S2. The first-order valence-electron chi connectivity index (χ1n) is 2.61. The van der Waals surface area contributed by atoms with E-state index in [2.05, 4.69) is 11.7 Å². The minimum Gasteiger partial charge on any atom is -0.106 e. The maximum Gasteiger partial charge on any atom is 0.0607 e. The van der Waals surface area contributed by atoms with Crippen molar-refractivity contribution in [2.45, 2.75) is 4.90 Å². The Hall–Kier alpha value is 0.790. The van der Waals surface area contributed by atoms with Crippen LogP contribution in [-0.2, 0) is 0 Å². The van der Waals surface area contributed by atoms with E-state index in [9.17, 15) is 0 Å². The molecule has 0 aromatic heterocycles. The molecule has 0 unspecified atom stereocenters. The maximum atomic E-state index is 5.79. The van der Waals surface area contributed by atoms with Gasteiger partial charge in [-0.1, -0.05) is 45.6 Å². The van der Waals surface area contributed by atoms with Crippen molar-refractivity contribution in [2.75, 3.05) is 0 Å². The van der Waals surface area contributed by atoms with Crippen molar-refractivity contribution in [3.8, 4) is 0 Å². The van der Waals surface area contributed by atoms with E-state index < -0.39 is 0 Å². The number of rotatable bonds is 1. The van der Waals surface area contributed by atoms with Gasteiger partial charge >= 0.3 is 0 Å². The van der Waals surface area contributed by atoms with Crippen molar-refractivity contribution in [2.24, 2.45) is 0 Å². The zero-order chi connectivity index (χ0) is 8.43. The molecule has 0 fully saturated rings. The molecule has 0 saturated heterocycles. The van der Waals surface area contributed by atoms with Gasteiger partial charge in [-0.15, -0.1) is 11.7 Å². The van der Waals surface area contributed by atoms with Crippen molar-refractivity contribution in [3.63, 3.8) is 0 Å². The third-order valence-electron chi connectivity index (χ3n) is 1.07. The Morgan fingerprint density at radius 3 is 2.09 bits per heavy atom. The van der Waals surface area contributed by atoms with Crippen molar-refractivity contribution in [1.29, 1.82) is 0 Å². The highest BCUT2D eigenvalue weighted by atomic mass is 35.5. The Bertz CT molecular complexity index is 275. The zero-order valence-electron chi connectivity index (χ0n) is 5.14. The van der Waals surface area contributed by atoms with Crippen LogP contribution in [0.2, 0.25) is 15.1 Å². The van der Waals surface area contributed by atoms with Crippen LogP contribution < -0.4 is 0 Å². The molecule has 11 heavy (non-hydrogen) atoms. The van der Waals surface area contributed by atoms with Crippen molar-refractivity contribution < 1.29 is 0 Å². The lowest BCUT2D eigenvalue weighted by Gasteiger charge is -2.01. The summed E-state index contributed by atoms with van der Waals surface area (Å²) >= 11 is 21.2. The third-order valence-corrected chi connectivity index (χ3v) is 3.34. The molecule has 0 spiro atoms. The van der Waals surface area contributed by atoms with Crippen LogP contribution >= 0.6 is 57.3 Å². The molecule has 0 bridgehead atoms. The van der Waals surface area contributed by atoms with Crippen molar-refractivity contribution >= 4 is 57.3 Å². The second kappa shape index (κ2) is 4.15. The first-order valence-corrected chi connectivity index (χ1v) is 5.61. The Morgan fingerprint density at radius 1 is 1.00 bits per heavy atom. The van der Waals surface area contributed by atoms with Crippen molar-refractivity contribution in [1.82, 2.24) is 0 Å². The SMILES string of the molecule is SSc1cc(Cl)c(Cl)cc1Cl. The van der Waals surface area contributed by atoms with Gasteiger partial charge in [0.15, 0.2) is 0 Å². The average Bonchev–Trinajstić information content (AvgIpc) is 1.97. The van der Waals surface area contributed by atoms with Crippen LogP contribution in [0.5, 0.6) is 0 Å². The van der Waals surface area contributed by atoms with Gasteiger partial charge in [0.25, 0.3) is 0 Å². The number of benzene rings is 1. The van der Waals surface area contributed by atoms with Crippen LogP contribution in [0.15, 0.2) is 17.0 Å². The molecule has 0 N–H and O–H groups in total. The molecule has 0 aliphatic heterocycles. The molecule has 1 rings (SSSR count). The van der Waals surface area contributed by atoms with Gasteiger partial charge in [-0.2, -0.15) is 0 Å². The van der Waals surface area contributed by atoms with Gasteiger partial charge in [-0.3, -0.25) is 0 Å². The normalized spacial score (nSPS) is 10.2. The molecule has 0 aliphatic rings. The van der Waals surface area contributed by atoms with E-state index in [0.29, 0.717) is 15.1 Å². The van der Waals surface area contributed by atoms with E-state index in [-0.39, 0.29) is 0 Å². The standard InChI is InChI=1S/C6H3Cl3S2/c7-3-1-5(9)6(11-10)2-4(3)8/h1-2,10H. The number of hydrogen-bond donors (Lipinski definition) is 1. The largest absolute Gasteiger partial charge is 0.106 e. The summed E-state index contributed by atoms with van der Waals surface area (Å²) in [6.45, 7) is 0. The lowest BCUT2D eigenvalue weighted by Crippen LogP contribution is -1.73. The second-order valence-electron chi connectivity index (χ2n) is 1.79. The van der Waals surface area contributed by atoms with Gasteiger partial charge in [0.1, 0.15) is 0 Å². The molecule has 0 aliphatic carbocycles. The number of halogens is 3. The lowest BCUT2D eigenvalue weighted by atomic mass is 10.4. The first-order chi connectivity index (χ1) is 5.15. The van der Waals surface area contributed by atoms with Crippen LogP contribution in [0.25, 0.3) is 0 Å². The molecule has 0 atom stereocenters. The average molecular weight is 246 g/mol. The smallest absolute Gasteiger partial charge is 0.0607 e. The molecule has 0 saturated carbocycles. The quantitative estimate of drug-likeness (QED) is 0.429.